The zero-order valence-corrected chi connectivity index (χ0v) is 15.9. The third-order valence-corrected chi connectivity index (χ3v) is 5.36. The summed E-state index contributed by atoms with van der Waals surface area (Å²) < 4.78 is 7.54. The van der Waals surface area contributed by atoms with Crippen molar-refractivity contribution in [1.29, 1.82) is 0 Å². The van der Waals surface area contributed by atoms with E-state index in [0.717, 1.165) is 35.9 Å². The molecule has 0 spiro atoms. The Morgan fingerprint density at radius 2 is 1.69 bits per heavy atom. The number of carbonyl (C=O) groups is 2. The van der Waals surface area contributed by atoms with Gasteiger partial charge in [-0.05, 0) is 24.6 Å². The number of hydrogen-bond donors (Lipinski definition) is 1. The number of fused-ring (bicyclic) bond motifs is 2. The molecule has 29 heavy (non-hydrogen) atoms. The predicted molar refractivity (Wildman–Crippen MR) is 111 cm³/mol. The lowest BCUT2D eigenvalue weighted by Gasteiger charge is -2.02. The van der Waals surface area contributed by atoms with Crippen LogP contribution in [0.1, 0.15) is 31.0 Å². The van der Waals surface area contributed by atoms with Gasteiger partial charge in [0.25, 0.3) is 11.8 Å². The molecule has 2 aromatic carbocycles. The summed E-state index contributed by atoms with van der Waals surface area (Å²) in [5, 5.41) is 8.21. The normalized spacial score (nSPS) is 14.4. The lowest BCUT2D eigenvalue weighted by molar-refractivity contribution is -0.122. The number of para-hydroxylation sites is 2. The van der Waals surface area contributed by atoms with Gasteiger partial charge in [0.05, 0.1) is 11.1 Å². The maximum absolute atomic E-state index is 12.8. The first-order valence-electron chi connectivity index (χ1n) is 9.72. The number of aryl methyl sites for hydroxylation is 1. The lowest BCUT2D eigenvalue weighted by atomic mass is 9.97. The first kappa shape index (κ1) is 17.4. The number of imide groups is 1. The van der Waals surface area contributed by atoms with Gasteiger partial charge >= 0.3 is 0 Å². The fourth-order valence-electron chi connectivity index (χ4n) is 3.96. The second-order valence-corrected chi connectivity index (χ2v) is 7.17. The number of amides is 2. The maximum atomic E-state index is 12.8. The molecule has 0 unspecified atom stereocenters. The average Bonchev–Trinajstić information content (AvgIpc) is 3.39. The van der Waals surface area contributed by atoms with Gasteiger partial charge in [0.2, 0.25) is 0 Å². The van der Waals surface area contributed by atoms with Crippen LogP contribution in [-0.2, 0) is 16.1 Å². The molecule has 3 heterocycles. The lowest BCUT2D eigenvalue weighted by Crippen LogP contribution is -2.22. The molecule has 0 saturated carbocycles. The number of hydrogen-bond acceptors (Lipinski definition) is 4. The smallest absolute Gasteiger partial charge is 0.261 e. The Morgan fingerprint density at radius 1 is 0.966 bits per heavy atom. The third kappa shape index (κ3) is 2.68. The molecule has 1 aliphatic rings. The molecule has 4 aromatic rings. The van der Waals surface area contributed by atoms with E-state index in [-0.39, 0.29) is 5.57 Å². The molecule has 0 bridgehead atoms. The highest BCUT2D eigenvalue weighted by atomic mass is 16.5. The summed E-state index contributed by atoms with van der Waals surface area (Å²) in [5.74, 6) is -0.857. The first-order valence-corrected chi connectivity index (χ1v) is 9.72. The fraction of sp³-hybridized carbons (Fsp3) is 0.174. The van der Waals surface area contributed by atoms with Crippen molar-refractivity contribution in [3.05, 3.63) is 66.0 Å². The molecule has 6 heteroatoms. The van der Waals surface area contributed by atoms with E-state index in [0.29, 0.717) is 22.2 Å². The van der Waals surface area contributed by atoms with Crippen LogP contribution >= 0.6 is 0 Å². The Kier molecular flexibility index (Phi) is 4.05. The zero-order valence-electron chi connectivity index (χ0n) is 15.9. The topological polar surface area (TPSA) is 77.1 Å². The fourth-order valence-corrected chi connectivity index (χ4v) is 3.96. The van der Waals surface area contributed by atoms with Gasteiger partial charge in [0.15, 0.2) is 5.58 Å². The minimum atomic E-state index is -0.450. The van der Waals surface area contributed by atoms with Crippen molar-refractivity contribution in [3.63, 3.8) is 0 Å². The van der Waals surface area contributed by atoms with Crippen LogP contribution in [0.15, 0.2) is 59.3 Å². The molecule has 0 atom stereocenters. The second kappa shape index (κ2) is 6.74. The summed E-state index contributed by atoms with van der Waals surface area (Å²) in [6.45, 7) is 2.99. The molecule has 0 saturated heterocycles. The number of nitrogens with zero attached hydrogens (tertiary/aromatic N) is 2. The van der Waals surface area contributed by atoms with Gasteiger partial charge in [0.1, 0.15) is 5.69 Å². The summed E-state index contributed by atoms with van der Waals surface area (Å²) in [4.78, 5) is 25.6. The van der Waals surface area contributed by atoms with E-state index in [1.807, 2.05) is 48.7 Å². The van der Waals surface area contributed by atoms with Crippen LogP contribution in [0, 0.1) is 0 Å². The van der Waals surface area contributed by atoms with Crippen molar-refractivity contribution in [1.82, 2.24) is 15.0 Å². The van der Waals surface area contributed by atoms with Crippen molar-refractivity contribution >= 4 is 44.8 Å². The van der Waals surface area contributed by atoms with E-state index in [1.54, 1.807) is 6.07 Å². The molecular formula is C23H19N3O3. The van der Waals surface area contributed by atoms with Crippen LogP contribution in [0.2, 0.25) is 0 Å². The summed E-state index contributed by atoms with van der Waals surface area (Å²) >= 11 is 0. The molecule has 2 amide bonds. The van der Waals surface area contributed by atoms with E-state index in [9.17, 15) is 9.59 Å². The zero-order chi connectivity index (χ0) is 20.0. The molecule has 2 aromatic heterocycles. The predicted octanol–water partition coefficient (Wildman–Crippen LogP) is 4.15. The van der Waals surface area contributed by atoms with Crippen molar-refractivity contribution in [3.8, 4) is 0 Å². The van der Waals surface area contributed by atoms with Crippen LogP contribution < -0.4 is 5.32 Å². The van der Waals surface area contributed by atoms with Gasteiger partial charge in [-0.2, -0.15) is 0 Å². The molecular weight excluding hydrogens is 366 g/mol. The van der Waals surface area contributed by atoms with E-state index in [2.05, 4.69) is 22.0 Å². The number of unbranched alkanes of at least 4 members (excludes halogenated alkanes) is 1. The summed E-state index contributed by atoms with van der Waals surface area (Å²) in [7, 11) is 0. The minimum absolute atomic E-state index is 0.262. The van der Waals surface area contributed by atoms with Gasteiger partial charge in [-0.25, -0.2) is 0 Å². The number of aromatic nitrogens is 2. The quantitative estimate of drug-likeness (QED) is 0.524. The van der Waals surface area contributed by atoms with Crippen molar-refractivity contribution in [2.24, 2.45) is 0 Å². The SMILES string of the molecule is CCCCn1cc(C2=C(c3noc4ccccc34)C(=O)NC2=O)c2ccccc21. The monoisotopic (exact) mass is 385 g/mol. The van der Waals surface area contributed by atoms with Crippen molar-refractivity contribution < 1.29 is 14.1 Å². The molecule has 0 radical (unpaired) electrons. The van der Waals surface area contributed by atoms with Crippen LogP contribution in [-0.4, -0.2) is 21.5 Å². The molecule has 1 N–H and O–H groups in total. The van der Waals surface area contributed by atoms with Crippen molar-refractivity contribution in [2.75, 3.05) is 0 Å². The average molecular weight is 385 g/mol. The number of benzene rings is 2. The Morgan fingerprint density at radius 3 is 2.52 bits per heavy atom. The maximum Gasteiger partial charge on any atom is 0.261 e. The molecule has 1 aliphatic heterocycles. The van der Waals surface area contributed by atoms with E-state index in [4.69, 9.17) is 4.52 Å². The van der Waals surface area contributed by atoms with Crippen LogP contribution in [0.5, 0.6) is 0 Å². The molecule has 6 nitrogen and oxygen atoms in total. The van der Waals surface area contributed by atoms with E-state index in [1.165, 1.54) is 0 Å². The molecule has 0 fully saturated rings. The van der Waals surface area contributed by atoms with Gasteiger partial charge < -0.3 is 9.09 Å². The standard InChI is InChI=1S/C23H19N3O3/c1-2-3-12-26-13-16(14-8-4-6-10-17(14)26)19-20(23(28)24-22(19)27)21-15-9-5-7-11-18(15)29-25-21/h4-11,13H,2-3,12H2,1H3,(H,24,27,28). The molecule has 0 aliphatic carbocycles. The largest absolute Gasteiger partial charge is 0.356 e. The number of rotatable bonds is 5. The number of carbonyl (C=O) groups excluding carboxylic acids is 2. The third-order valence-electron chi connectivity index (χ3n) is 5.36. The number of nitrogens with one attached hydrogen (secondary N) is 1. The molecule has 5 rings (SSSR count). The summed E-state index contributed by atoms with van der Waals surface area (Å²) in [5.41, 5.74) is 3.36. The Bertz CT molecular complexity index is 1310. The second-order valence-electron chi connectivity index (χ2n) is 7.17. The Hall–Kier alpha value is -3.67. The van der Waals surface area contributed by atoms with Gasteiger partial charge in [-0.3, -0.25) is 14.9 Å². The Balaban J connectivity index is 1.79. The van der Waals surface area contributed by atoms with E-state index >= 15 is 0 Å². The van der Waals surface area contributed by atoms with Crippen LogP contribution in [0.3, 0.4) is 0 Å². The van der Waals surface area contributed by atoms with Crippen LogP contribution in [0.25, 0.3) is 33.0 Å². The summed E-state index contributed by atoms with van der Waals surface area (Å²) in [6.07, 6.45) is 4.07. The summed E-state index contributed by atoms with van der Waals surface area (Å²) in [6, 6.07) is 15.3. The van der Waals surface area contributed by atoms with Crippen molar-refractivity contribution in [2.45, 2.75) is 26.3 Å². The van der Waals surface area contributed by atoms with Gasteiger partial charge in [0, 0.05) is 34.6 Å². The van der Waals surface area contributed by atoms with Gasteiger partial charge in [-0.1, -0.05) is 48.8 Å². The van der Waals surface area contributed by atoms with Crippen LogP contribution in [0.4, 0.5) is 0 Å². The Labute approximate surface area is 166 Å². The highest BCUT2D eigenvalue weighted by molar-refractivity contribution is 6.50. The highest BCUT2D eigenvalue weighted by Crippen LogP contribution is 2.37. The van der Waals surface area contributed by atoms with E-state index < -0.39 is 11.8 Å². The highest BCUT2D eigenvalue weighted by Gasteiger charge is 2.36. The first-order chi connectivity index (χ1) is 14.2. The minimum Gasteiger partial charge on any atom is -0.356 e. The van der Waals surface area contributed by atoms with Gasteiger partial charge in [-0.15, -0.1) is 0 Å². The molecule has 144 valence electrons.